The van der Waals surface area contributed by atoms with E-state index in [4.69, 9.17) is 4.52 Å². The Kier molecular flexibility index (Phi) is 5.33. The van der Waals surface area contributed by atoms with Crippen LogP contribution >= 0.6 is 0 Å². The van der Waals surface area contributed by atoms with Crippen LogP contribution in [0.25, 0.3) is 0 Å². The number of carbonyl (C=O) groups excluding carboxylic acids is 1. The third-order valence-corrected chi connectivity index (χ3v) is 4.90. The van der Waals surface area contributed by atoms with Gasteiger partial charge < -0.3 is 20.3 Å². The minimum Gasteiger partial charge on any atom is -0.396 e. The molecule has 1 fully saturated rings. The first-order valence-electron chi connectivity index (χ1n) is 8.62. The van der Waals surface area contributed by atoms with Crippen molar-refractivity contribution in [1.29, 1.82) is 0 Å². The molecule has 0 radical (unpaired) electrons. The summed E-state index contributed by atoms with van der Waals surface area (Å²) in [7, 11) is 0. The highest BCUT2D eigenvalue weighted by Gasteiger charge is 2.42. The van der Waals surface area contributed by atoms with Gasteiger partial charge in [0, 0.05) is 5.41 Å². The first kappa shape index (κ1) is 17.4. The van der Waals surface area contributed by atoms with Gasteiger partial charge in [0.15, 0.2) is 5.82 Å². The molecule has 7 nitrogen and oxygen atoms in total. The minimum atomic E-state index is -0.320. The van der Waals surface area contributed by atoms with E-state index < -0.39 is 0 Å². The minimum absolute atomic E-state index is 0.0513. The third-order valence-electron chi connectivity index (χ3n) is 4.90. The van der Waals surface area contributed by atoms with Crippen LogP contribution in [0.1, 0.15) is 49.0 Å². The van der Waals surface area contributed by atoms with Gasteiger partial charge in [-0.15, -0.1) is 0 Å². The number of aromatic nitrogens is 2. The van der Waals surface area contributed by atoms with Gasteiger partial charge in [-0.3, -0.25) is 0 Å². The lowest BCUT2D eigenvalue weighted by atomic mass is 9.76. The molecule has 1 aromatic heterocycles. The lowest BCUT2D eigenvalue weighted by Gasteiger charge is -2.37. The molecule has 3 N–H and O–H groups in total. The fraction of sp³-hybridized carbons (Fsp3) is 0.500. The predicted molar refractivity (Wildman–Crippen MR) is 91.6 cm³/mol. The number of aliphatic hydroxyl groups is 1. The van der Waals surface area contributed by atoms with Crippen LogP contribution in [0.2, 0.25) is 0 Å². The van der Waals surface area contributed by atoms with Gasteiger partial charge in [0.05, 0.1) is 19.2 Å². The molecule has 2 aromatic rings. The highest BCUT2D eigenvalue weighted by molar-refractivity contribution is 5.74. The summed E-state index contributed by atoms with van der Waals surface area (Å²) in [4.78, 5) is 16.5. The number of urea groups is 1. The van der Waals surface area contributed by atoms with E-state index in [1.54, 1.807) is 6.92 Å². The summed E-state index contributed by atoms with van der Waals surface area (Å²) in [5.74, 6) is 0.895. The van der Waals surface area contributed by atoms with Crippen molar-refractivity contribution in [2.24, 2.45) is 5.41 Å². The molecule has 0 spiro atoms. The molecule has 1 atom stereocenters. The summed E-state index contributed by atoms with van der Waals surface area (Å²) < 4.78 is 5.00. The van der Waals surface area contributed by atoms with Crippen LogP contribution in [-0.2, 0) is 6.54 Å². The number of amides is 2. The summed E-state index contributed by atoms with van der Waals surface area (Å²) in [6.45, 7) is 1.94. The van der Waals surface area contributed by atoms with Crippen LogP contribution in [0.15, 0.2) is 34.9 Å². The summed E-state index contributed by atoms with van der Waals surface area (Å²) in [6.07, 6.45) is 3.92. The number of aryl methyl sites for hydroxylation is 1. The van der Waals surface area contributed by atoms with E-state index >= 15 is 0 Å². The van der Waals surface area contributed by atoms with Gasteiger partial charge in [-0.25, -0.2) is 4.79 Å². The van der Waals surface area contributed by atoms with Crippen molar-refractivity contribution in [3.05, 3.63) is 47.6 Å². The number of nitrogens with zero attached hydrogens (tertiary/aromatic N) is 2. The van der Waals surface area contributed by atoms with Crippen molar-refractivity contribution in [3.63, 3.8) is 0 Å². The molecule has 7 heteroatoms. The molecule has 134 valence electrons. The second kappa shape index (κ2) is 7.65. The molecule has 1 aliphatic carbocycles. The fourth-order valence-corrected chi connectivity index (χ4v) is 3.60. The van der Waals surface area contributed by atoms with Crippen molar-refractivity contribution in [1.82, 2.24) is 20.8 Å². The van der Waals surface area contributed by atoms with Crippen LogP contribution in [0.3, 0.4) is 0 Å². The van der Waals surface area contributed by atoms with E-state index in [1.165, 1.54) is 0 Å². The monoisotopic (exact) mass is 344 g/mol. The molecular weight excluding hydrogens is 320 g/mol. The summed E-state index contributed by atoms with van der Waals surface area (Å²) in [5, 5.41) is 19.6. The van der Waals surface area contributed by atoms with Crippen molar-refractivity contribution < 1.29 is 14.4 Å². The average molecular weight is 344 g/mol. The fourth-order valence-electron chi connectivity index (χ4n) is 3.60. The highest BCUT2D eigenvalue weighted by Crippen LogP contribution is 2.47. The van der Waals surface area contributed by atoms with E-state index in [9.17, 15) is 9.90 Å². The third kappa shape index (κ3) is 3.99. The Morgan fingerprint density at radius 1 is 1.32 bits per heavy atom. The van der Waals surface area contributed by atoms with Crippen LogP contribution < -0.4 is 10.6 Å². The summed E-state index contributed by atoms with van der Waals surface area (Å²) in [6, 6.07) is 9.25. The van der Waals surface area contributed by atoms with Crippen LogP contribution in [-0.4, -0.2) is 27.9 Å². The van der Waals surface area contributed by atoms with Crippen LogP contribution in [0.5, 0.6) is 0 Å². The predicted octanol–water partition coefficient (Wildman–Crippen LogP) is 2.47. The van der Waals surface area contributed by atoms with E-state index in [-0.39, 0.29) is 30.6 Å². The second-order valence-electron chi connectivity index (χ2n) is 6.63. The average Bonchev–Trinajstić information content (AvgIpc) is 3.28. The molecule has 1 saturated carbocycles. The Hall–Kier alpha value is -2.41. The molecule has 25 heavy (non-hydrogen) atoms. The van der Waals surface area contributed by atoms with Gasteiger partial charge in [0.1, 0.15) is 0 Å². The standard InChI is InChI=1S/C18H24N4O3/c1-13-20-15(25-22-13)11-19-17(24)21-16(14-7-3-2-4-8-14)18(12-23)9-5-6-10-18/h2-4,7-8,16,23H,5-6,9-12H2,1H3,(H2,19,21,24). The van der Waals surface area contributed by atoms with E-state index in [0.29, 0.717) is 11.7 Å². The van der Waals surface area contributed by atoms with Crippen molar-refractivity contribution in [2.75, 3.05) is 6.61 Å². The summed E-state index contributed by atoms with van der Waals surface area (Å²) >= 11 is 0. The summed E-state index contributed by atoms with van der Waals surface area (Å²) in [5.41, 5.74) is 0.682. The Morgan fingerprint density at radius 3 is 2.64 bits per heavy atom. The Morgan fingerprint density at radius 2 is 2.04 bits per heavy atom. The second-order valence-corrected chi connectivity index (χ2v) is 6.63. The van der Waals surface area contributed by atoms with E-state index in [1.807, 2.05) is 30.3 Å². The zero-order chi connectivity index (χ0) is 17.7. The number of benzene rings is 1. The van der Waals surface area contributed by atoms with Gasteiger partial charge in [0.25, 0.3) is 0 Å². The largest absolute Gasteiger partial charge is 0.396 e. The number of nitrogens with one attached hydrogen (secondary N) is 2. The highest BCUT2D eigenvalue weighted by atomic mass is 16.5. The topological polar surface area (TPSA) is 100 Å². The van der Waals surface area contributed by atoms with Gasteiger partial charge in [-0.1, -0.05) is 48.3 Å². The molecule has 1 heterocycles. The molecule has 3 rings (SSSR count). The molecule has 1 aliphatic rings. The molecule has 0 saturated heterocycles. The van der Waals surface area contributed by atoms with Gasteiger partial charge >= 0.3 is 6.03 Å². The number of carbonyl (C=O) groups is 1. The van der Waals surface area contributed by atoms with Crippen molar-refractivity contribution in [3.8, 4) is 0 Å². The zero-order valence-corrected chi connectivity index (χ0v) is 14.4. The maximum absolute atomic E-state index is 12.4. The van der Waals surface area contributed by atoms with Crippen molar-refractivity contribution >= 4 is 6.03 Å². The van der Waals surface area contributed by atoms with Crippen molar-refractivity contribution in [2.45, 2.75) is 45.2 Å². The number of hydrogen-bond acceptors (Lipinski definition) is 5. The van der Waals surface area contributed by atoms with Gasteiger partial charge in [-0.05, 0) is 25.3 Å². The Bertz CT molecular complexity index is 695. The number of aliphatic hydroxyl groups excluding tert-OH is 1. The molecule has 0 aliphatic heterocycles. The maximum Gasteiger partial charge on any atom is 0.315 e. The van der Waals surface area contributed by atoms with E-state index in [0.717, 1.165) is 31.2 Å². The quantitative estimate of drug-likeness (QED) is 0.747. The van der Waals surface area contributed by atoms with Crippen LogP contribution in [0.4, 0.5) is 4.79 Å². The van der Waals surface area contributed by atoms with E-state index in [2.05, 4.69) is 20.8 Å². The Balaban J connectivity index is 1.72. The first-order valence-corrected chi connectivity index (χ1v) is 8.62. The zero-order valence-electron chi connectivity index (χ0n) is 14.4. The Labute approximate surface area is 146 Å². The van der Waals surface area contributed by atoms with Gasteiger partial charge in [-0.2, -0.15) is 4.98 Å². The molecule has 0 bridgehead atoms. The molecule has 1 unspecified atom stereocenters. The first-order chi connectivity index (χ1) is 12.1. The maximum atomic E-state index is 12.4. The lowest BCUT2D eigenvalue weighted by Crippen LogP contribution is -2.45. The molecule has 2 amide bonds. The smallest absolute Gasteiger partial charge is 0.315 e. The van der Waals surface area contributed by atoms with Gasteiger partial charge in [0.2, 0.25) is 5.89 Å². The number of rotatable bonds is 6. The SMILES string of the molecule is Cc1noc(CNC(=O)NC(c2ccccc2)C2(CO)CCCC2)n1. The van der Waals surface area contributed by atoms with Crippen LogP contribution in [0, 0.1) is 12.3 Å². The molecular formula is C18H24N4O3. The molecule has 1 aromatic carbocycles. The number of hydrogen-bond donors (Lipinski definition) is 3. The normalized spacial score (nSPS) is 17.2. The lowest BCUT2D eigenvalue weighted by molar-refractivity contribution is 0.0892.